The lowest BCUT2D eigenvalue weighted by atomic mass is 9.98. The molecule has 0 spiro atoms. The zero-order valence-electron chi connectivity index (χ0n) is 27.9. The third kappa shape index (κ3) is 4.43. The van der Waals surface area contributed by atoms with Crippen LogP contribution in [0.15, 0.2) is 170 Å². The highest BCUT2D eigenvalue weighted by atomic mass is 32.1. The van der Waals surface area contributed by atoms with Crippen LogP contribution in [0.5, 0.6) is 0 Å². The number of rotatable bonds is 4. The summed E-state index contributed by atoms with van der Waals surface area (Å²) in [6, 6.07) is 60.1. The Bertz CT molecular complexity index is 3120. The van der Waals surface area contributed by atoms with Crippen molar-refractivity contribution in [3.63, 3.8) is 0 Å². The maximum absolute atomic E-state index is 5.05. The smallest absolute Gasteiger partial charge is 0.164 e. The summed E-state index contributed by atoms with van der Waals surface area (Å²) in [4.78, 5) is 15.0. The van der Waals surface area contributed by atoms with Crippen molar-refractivity contribution in [1.82, 2.24) is 19.5 Å². The van der Waals surface area contributed by atoms with Gasteiger partial charge in [-0.1, -0.05) is 140 Å². The summed E-state index contributed by atoms with van der Waals surface area (Å²) in [5.41, 5.74) is 6.23. The molecule has 11 rings (SSSR count). The molecule has 0 aliphatic heterocycles. The summed E-state index contributed by atoms with van der Waals surface area (Å²) in [6.45, 7) is 0. The molecule has 0 N–H and O–H groups in total. The van der Waals surface area contributed by atoms with Gasteiger partial charge in [0, 0.05) is 58.7 Å². The van der Waals surface area contributed by atoms with Crippen LogP contribution in [0, 0.1) is 0 Å². The summed E-state index contributed by atoms with van der Waals surface area (Å²) in [5, 5.41) is 10.2. The summed E-state index contributed by atoms with van der Waals surface area (Å²) in [6.07, 6.45) is 0. The Labute approximate surface area is 302 Å². The Morgan fingerprint density at radius 2 is 0.962 bits per heavy atom. The molecule has 0 aliphatic carbocycles. The van der Waals surface area contributed by atoms with Crippen molar-refractivity contribution >= 4 is 74.9 Å². The molecule has 3 heterocycles. The van der Waals surface area contributed by atoms with Gasteiger partial charge < -0.3 is 4.57 Å². The van der Waals surface area contributed by atoms with E-state index in [0.717, 1.165) is 22.4 Å². The van der Waals surface area contributed by atoms with Crippen LogP contribution in [0.2, 0.25) is 0 Å². The van der Waals surface area contributed by atoms with E-state index in [9.17, 15) is 0 Å². The van der Waals surface area contributed by atoms with Crippen molar-refractivity contribution in [1.29, 1.82) is 0 Å². The van der Waals surface area contributed by atoms with Gasteiger partial charge in [-0.25, -0.2) is 15.0 Å². The number of fused-ring (bicyclic) bond motifs is 11. The van der Waals surface area contributed by atoms with E-state index in [-0.39, 0.29) is 0 Å². The monoisotopic (exact) mass is 680 g/mol. The van der Waals surface area contributed by atoms with E-state index in [4.69, 9.17) is 15.0 Å². The number of hydrogen-bond acceptors (Lipinski definition) is 4. The van der Waals surface area contributed by atoms with E-state index in [1.54, 1.807) is 0 Å². The van der Waals surface area contributed by atoms with Crippen molar-refractivity contribution < 1.29 is 0 Å². The fraction of sp³-hybridized carbons (Fsp3) is 0. The molecule has 242 valence electrons. The van der Waals surface area contributed by atoms with Crippen LogP contribution in [0.4, 0.5) is 0 Å². The fourth-order valence-electron chi connectivity index (χ4n) is 7.86. The van der Waals surface area contributed by atoms with Crippen LogP contribution in [0.3, 0.4) is 0 Å². The van der Waals surface area contributed by atoms with Gasteiger partial charge in [0.1, 0.15) is 0 Å². The second-order valence-corrected chi connectivity index (χ2v) is 14.3. The topological polar surface area (TPSA) is 43.6 Å². The second-order valence-electron chi connectivity index (χ2n) is 13.2. The van der Waals surface area contributed by atoms with E-state index < -0.39 is 0 Å². The first-order valence-corrected chi connectivity index (χ1v) is 18.3. The summed E-state index contributed by atoms with van der Waals surface area (Å²) in [7, 11) is 0. The molecule has 11 aromatic rings. The van der Waals surface area contributed by atoms with Crippen LogP contribution >= 0.6 is 11.3 Å². The van der Waals surface area contributed by atoms with Gasteiger partial charge in [-0.2, -0.15) is 0 Å². The van der Waals surface area contributed by atoms with Crippen molar-refractivity contribution in [2.75, 3.05) is 0 Å². The lowest BCUT2D eigenvalue weighted by Gasteiger charge is -2.12. The molecule has 0 atom stereocenters. The lowest BCUT2D eigenvalue weighted by Crippen LogP contribution is -2.01. The van der Waals surface area contributed by atoms with Crippen LogP contribution in [-0.4, -0.2) is 19.5 Å². The lowest BCUT2D eigenvalue weighted by molar-refractivity contribution is 1.07. The Balaban J connectivity index is 1.21. The highest BCUT2D eigenvalue weighted by molar-refractivity contribution is 7.26. The predicted octanol–water partition coefficient (Wildman–Crippen LogP) is 12.6. The van der Waals surface area contributed by atoms with Crippen LogP contribution in [0.1, 0.15) is 0 Å². The molecule has 52 heavy (non-hydrogen) atoms. The minimum atomic E-state index is 0.637. The number of aromatic nitrogens is 4. The van der Waals surface area contributed by atoms with Crippen LogP contribution in [-0.2, 0) is 0 Å². The molecule has 8 aromatic carbocycles. The predicted molar refractivity (Wildman–Crippen MR) is 218 cm³/mol. The third-order valence-corrected chi connectivity index (χ3v) is 11.4. The van der Waals surface area contributed by atoms with Gasteiger partial charge in [0.2, 0.25) is 0 Å². The average molecular weight is 681 g/mol. The number of hydrogen-bond donors (Lipinski definition) is 0. The van der Waals surface area contributed by atoms with Gasteiger partial charge in [-0.15, -0.1) is 11.3 Å². The highest BCUT2D eigenvalue weighted by Gasteiger charge is 2.21. The van der Waals surface area contributed by atoms with E-state index in [2.05, 4.69) is 114 Å². The number of nitrogens with zero attached hydrogens (tertiary/aromatic N) is 4. The molecule has 4 nitrogen and oxygen atoms in total. The normalized spacial score (nSPS) is 11.8. The molecule has 0 unspecified atom stereocenters. The summed E-state index contributed by atoms with van der Waals surface area (Å²) < 4.78 is 5.06. The van der Waals surface area contributed by atoms with Crippen molar-refractivity contribution in [2.45, 2.75) is 0 Å². The summed E-state index contributed by atoms with van der Waals surface area (Å²) in [5.74, 6) is 1.94. The molecule has 5 heteroatoms. The Kier molecular flexibility index (Phi) is 6.39. The zero-order chi connectivity index (χ0) is 34.2. The van der Waals surface area contributed by atoms with E-state index >= 15 is 0 Å². The van der Waals surface area contributed by atoms with Crippen molar-refractivity contribution in [3.05, 3.63) is 170 Å². The van der Waals surface area contributed by atoms with E-state index in [1.807, 2.05) is 72.0 Å². The van der Waals surface area contributed by atoms with Gasteiger partial charge in [0.15, 0.2) is 17.5 Å². The van der Waals surface area contributed by atoms with E-state index in [0.29, 0.717) is 17.5 Å². The Morgan fingerprint density at radius 3 is 1.71 bits per heavy atom. The van der Waals surface area contributed by atoms with E-state index in [1.165, 1.54) is 63.5 Å². The number of benzene rings is 8. The zero-order valence-corrected chi connectivity index (χ0v) is 28.7. The third-order valence-electron chi connectivity index (χ3n) is 10.2. The van der Waals surface area contributed by atoms with Gasteiger partial charge in [-0.05, 0) is 46.5 Å². The van der Waals surface area contributed by atoms with Crippen molar-refractivity contribution in [2.24, 2.45) is 0 Å². The van der Waals surface area contributed by atoms with Crippen LogP contribution in [0.25, 0.3) is 103 Å². The van der Waals surface area contributed by atoms with Crippen LogP contribution < -0.4 is 0 Å². The molecule has 0 radical (unpaired) electrons. The van der Waals surface area contributed by atoms with Gasteiger partial charge >= 0.3 is 0 Å². The van der Waals surface area contributed by atoms with Crippen molar-refractivity contribution in [3.8, 4) is 39.9 Å². The first-order chi connectivity index (χ1) is 25.8. The standard InChI is InChI=1S/C47H28N4S/c1-3-13-31(14-4-1)45-48-46(32-15-5-2-6-16-32)50-47(49-45)33-17-11-18-34(28-33)51-38-26-23-29-12-7-8-19-35(29)42(38)43-39(51)27-24-30-22-25-37-36-20-9-10-21-40(36)52-44(37)41(30)43/h1-28H. The minimum absolute atomic E-state index is 0.637. The molecular weight excluding hydrogens is 653 g/mol. The Hall–Kier alpha value is -6.69. The molecule has 0 fully saturated rings. The fourth-order valence-corrected chi connectivity index (χ4v) is 9.12. The maximum Gasteiger partial charge on any atom is 0.164 e. The Morgan fingerprint density at radius 1 is 0.385 bits per heavy atom. The molecule has 0 aliphatic rings. The average Bonchev–Trinajstić information content (AvgIpc) is 3.78. The molecular formula is C47H28N4S. The SMILES string of the molecule is c1ccc(-c2nc(-c3ccccc3)nc(-c3cccc(-n4c5ccc6ccccc6c5c5c6c(ccc7c8ccccc8sc76)ccc54)c3)n2)cc1. The molecule has 0 amide bonds. The molecule has 0 bridgehead atoms. The second kappa shape index (κ2) is 11.4. The minimum Gasteiger partial charge on any atom is -0.309 e. The maximum atomic E-state index is 5.05. The molecule has 0 saturated carbocycles. The van der Waals surface area contributed by atoms with Gasteiger partial charge in [0.25, 0.3) is 0 Å². The first-order valence-electron chi connectivity index (χ1n) is 17.5. The highest BCUT2D eigenvalue weighted by Crippen LogP contribution is 2.46. The molecule has 3 aromatic heterocycles. The number of thiophene rings is 1. The van der Waals surface area contributed by atoms with Gasteiger partial charge in [0.05, 0.1) is 11.0 Å². The molecule has 0 saturated heterocycles. The summed E-state index contributed by atoms with van der Waals surface area (Å²) >= 11 is 1.89. The quantitative estimate of drug-likeness (QED) is 0.186. The first kappa shape index (κ1) is 29.1. The van der Waals surface area contributed by atoms with Gasteiger partial charge in [-0.3, -0.25) is 0 Å². The largest absolute Gasteiger partial charge is 0.309 e.